The second-order valence-corrected chi connectivity index (χ2v) is 4.86. The molecule has 0 saturated heterocycles. The standard InChI is InChI=1S/C9H24N2O2Si/c1-10(2)5-7-12-9(14)13-8-6-11(3)4/h9H,5-8H2,1-4,14H3. The molecule has 0 atom stereocenters. The van der Waals surface area contributed by atoms with Crippen molar-refractivity contribution in [2.24, 2.45) is 0 Å². The summed E-state index contributed by atoms with van der Waals surface area (Å²) >= 11 is 0. The Labute approximate surface area is 90.6 Å². The average Bonchev–Trinajstić information content (AvgIpc) is 2.02. The van der Waals surface area contributed by atoms with Gasteiger partial charge in [0.15, 0.2) is 0 Å². The topological polar surface area (TPSA) is 24.9 Å². The quantitative estimate of drug-likeness (QED) is 0.379. The minimum atomic E-state index is 0.0369. The Morgan fingerprint density at radius 1 is 0.929 bits per heavy atom. The van der Waals surface area contributed by atoms with E-state index < -0.39 is 0 Å². The normalized spacial score (nSPS) is 12.2. The number of hydrogen-bond acceptors (Lipinski definition) is 4. The molecule has 0 heterocycles. The summed E-state index contributed by atoms with van der Waals surface area (Å²) in [7, 11) is 9.09. The summed E-state index contributed by atoms with van der Waals surface area (Å²) in [5.74, 6) is 0.0369. The molecule has 0 aromatic carbocycles. The van der Waals surface area contributed by atoms with Gasteiger partial charge in [0.1, 0.15) is 5.91 Å². The van der Waals surface area contributed by atoms with Crippen LogP contribution in [0.4, 0.5) is 0 Å². The first-order valence-electron chi connectivity index (χ1n) is 5.05. The molecule has 0 fully saturated rings. The number of likely N-dealkylation sites (N-methyl/N-ethyl adjacent to an activating group) is 2. The van der Waals surface area contributed by atoms with Gasteiger partial charge in [0.2, 0.25) is 0 Å². The van der Waals surface area contributed by atoms with E-state index in [-0.39, 0.29) is 5.91 Å². The first-order chi connectivity index (χ1) is 6.52. The summed E-state index contributed by atoms with van der Waals surface area (Å²) in [6.07, 6.45) is 0. The van der Waals surface area contributed by atoms with Crippen LogP contribution < -0.4 is 0 Å². The van der Waals surface area contributed by atoms with Gasteiger partial charge in [-0.15, -0.1) is 0 Å². The van der Waals surface area contributed by atoms with Crippen LogP contribution in [0.25, 0.3) is 0 Å². The predicted octanol–water partition coefficient (Wildman–Crippen LogP) is -1.21. The molecule has 86 valence electrons. The molecule has 0 saturated carbocycles. The summed E-state index contributed by atoms with van der Waals surface area (Å²) in [5, 5.41) is 0. The lowest BCUT2D eigenvalue weighted by Crippen LogP contribution is -2.27. The van der Waals surface area contributed by atoms with Crippen LogP contribution in [0.5, 0.6) is 0 Å². The smallest absolute Gasteiger partial charge is 0.131 e. The van der Waals surface area contributed by atoms with Crippen molar-refractivity contribution in [1.82, 2.24) is 9.80 Å². The van der Waals surface area contributed by atoms with Crippen LogP contribution in [0.1, 0.15) is 0 Å². The molecule has 0 aliphatic heterocycles. The third-order valence-corrected chi connectivity index (χ3v) is 2.45. The third kappa shape index (κ3) is 10.1. The lowest BCUT2D eigenvalue weighted by Gasteiger charge is -2.17. The van der Waals surface area contributed by atoms with E-state index in [1.807, 2.05) is 28.2 Å². The Bertz CT molecular complexity index is 120. The summed E-state index contributed by atoms with van der Waals surface area (Å²) in [6, 6.07) is 0. The van der Waals surface area contributed by atoms with Crippen molar-refractivity contribution in [3.8, 4) is 0 Å². The van der Waals surface area contributed by atoms with Gasteiger partial charge in [-0.25, -0.2) is 0 Å². The van der Waals surface area contributed by atoms with Crippen LogP contribution in [-0.2, 0) is 9.47 Å². The lowest BCUT2D eigenvalue weighted by atomic mass is 10.6. The van der Waals surface area contributed by atoms with Crippen molar-refractivity contribution in [1.29, 1.82) is 0 Å². The summed E-state index contributed by atoms with van der Waals surface area (Å²) in [4.78, 5) is 4.21. The second-order valence-electron chi connectivity index (χ2n) is 3.92. The van der Waals surface area contributed by atoms with Crippen LogP contribution in [0.3, 0.4) is 0 Å². The molecule has 0 N–H and O–H groups in total. The minimum Gasteiger partial charge on any atom is -0.356 e. The van der Waals surface area contributed by atoms with Gasteiger partial charge in [-0.3, -0.25) is 0 Å². The maximum atomic E-state index is 5.51. The highest BCUT2D eigenvalue weighted by molar-refractivity contribution is 6.10. The van der Waals surface area contributed by atoms with E-state index in [0.29, 0.717) is 0 Å². The zero-order valence-electron chi connectivity index (χ0n) is 10.1. The van der Waals surface area contributed by atoms with Crippen molar-refractivity contribution >= 4 is 10.2 Å². The number of hydrogen-bond donors (Lipinski definition) is 0. The third-order valence-electron chi connectivity index (χ3n) is 1.78. The molecule has 5 heteroatoms. The molecule has 0 aliphatic carbocycles. The van der Waals surface area contributed by atoms with Gasteiger partial charge in [0.25, 0.3) is 0 Å². The van der Waals surface area contributed by atoms with Crippen molar-refractivity contribution in [3.05, 3.63) is 0 Å². The molecule has 0 radical (unpaired) electrons. The minimum absolute atomic E-state index is 0.0369. The predicted molar refractivity (Wildman–Crippen MR) is 62.7 cm³/mol. The van der Waals surface area contributed by atoms with E-state index in [4.69, 9.17) is 9.47 Å². The summed E-state index contributed by atoms with van der Waals surface area (Å²) < 4.78 is 11.0. The van der Waals surface area contributed by atoms with Crippen molar-refractivity contribution in [2.45, 2.75) is 5.91 Å². The van der Waals surface area contributed by atoms with Gasteiger partial charge in [0.05, 0.1) is 23.5 Å². The van der Waals surface area contributed by atoms with Gasteiger partial charge in [0, 0.05) is 13.1 Å². The van der Waals surface area contributed by atoms with Crippen LogP contribution in [0.2, 0.25) is 0 Å². The molecule has 0 spiro atoms. The zero-order valence-corrected chi connectivity index (χ0v) is 12.1. The van der Waals surface area contributed by atoms with E-state index >= 15 is 0 Å². The molecular weight excluding hydrogens is 196 g/mol. The first kappa shape index (κ1) is 14.1. The molecule has 0 bridgehead atoms. The van der Waals surface area contributed by atoms with Crippen molar-refractivity contribution in [2.75, 3.05) is 54.5 Å². The van der Waals surface area contributed by atoms with E-state index in [2.05, 4.69) is 9.80 Å². The van der Waals surface area contributed by atoms with Gasteiger partial charge in [-0.1, -0.05) is 0 Å². The molecule has 0 rings (SSSR count). The monoisotopic (exact) mass is 220 g/mol. The molecule has 0 amide bonds. The maximum Gasteiger partial charge on any atom is 0.131 e. The van der Waals surface area contributed by atoms with Gasteiger partial charge in [-0.05, 0) is 28.2 Å². The molecule has 0 aliphatic rings. The zero-order chi connectivity index (χ0) is 11.0. The Kier molecular flexibility index (Phi) is 8.41. The fourth-order valence-electron chi connectivity index (χ4n) is 0.851. The molecule has 14 heavy (non-hydrogen) atoms. The van der Waals surface area contributed by atoms with Crippen LogP contribution >= 0.6 is 0 Å². The van der Waals surface area contributed by atoms with Gasteiger partial charge >= 0.3 is 0 Å². The highest BCUT2D eigenvalue weighted by Crippen LogP contribution is 1.90. The fraction of sp³-hybridized carbons (Fsp3) is 1.00. The van der Waals surface area contributed by atoms with Crippen LogP contribution in [0, 0.1) is 0 Å². The average molecular weight is 220 g/mol. The Morgan fingerprint density at radius 3 is 1.57 bits per heavy atom. The van der Waals surface area contributed by atoms with Crippen LogP contribution in [0.15, 0.2) is 0 Å². The van der Waals surface area contributed by atoms with Gasteiger partial charge < -0.3 is 19.3 Å². The van der Waals surface area contributed by atoms with Crippen LogP contribution in [-0.4, -0.2) is 80.4 Å². The molecular formula is C9H24N2O2Si. The largest absolute Gasteiger partial charge is 0.356 e. The highest BCUT2D eigenvalue weighted by atomic mass is 28.1. The Balaban J connectivity index is 3.23. The lowest BCUT2D eigenvalue weighted by molar-refractivity contribution is -0.0924. The fourth-order valence-corrected chi connectivity index (χ4v) is 1.32. The number of rotatable bonds is 8. The SMILES string of the molecule is CN(C)CCOC([SiH3])OCCN(C)C. The maximum absolute atomic E-state index is 5.51. The van der Waals surface area contributed by atoms with Crippen molar-refractivity contribution in [3.63, 3.8) is 0 Å². The van der Waals surface area contributed by atoms with E-state index in [0.717, 1.165) is 36.5 Å². The van der Waals surface area contributed by atoms with E-state index in [1.54, 1.807) is 0 Å². The summed E-state index contributed by atoms with van der Waals surface area (Å²) in [6.45, 7) is 3.41. The van der Waals surface area contributed by atoms with Gasteiger partial charge in [-0.2, -0.15) is 0 Å². The Hall–Kier alpha value is 0.0569. The van der Waals surface area contributed by atoms with E-state index in [9.17, 15) is 0 Å². The first-order valence-corrected chi connectivity index (χ1v) is 6.20. The number of ether oxygens (including phenoxy) is 2. The molecule has 4 nitrogen and oxygen atoms in total. The molecule has 0 aromatic heterocycles. The highest BCUT2D eigenvalue weighted by Gasteiger charge is 2.01. The second kappa shape index (κ2) is 8.37. The molecule has 0 aromatic rings. The number of nitrogens with zero attached hydrogens (tertiary/aromatic N) is 2. The van der Waals surface area contributed by atoms with E-state index in [1.165, 1.54) is 0 Å². The Morgan fingerprint density at radius 2 is 1.29 bits per heavy atom. The van der Waals surface area contributed by atoms with Crippen molar-refractivity contribution < 1.29 is 9.47 Å². The summed E-state index contributed by atoms with van der Waals surface area (Å²) in [5.41, 5.74) is 0. The molecule has 0 unspecified atom stereocenters.